The van der Waals surface area contributed by atoms with Gasteiger partial charge < -0.3 is 24.4 Å². The molecule has 154 valence electrons. The van der Waals surface area contributed by atoms with Crippen LogP contribution in [0.3, 0.4) is 0 Å². The number of hydrogen-bond acceptors (Lipinski definition) is 6. The Kier molecular flexibility index (Phi) is 5.38. The van der Waals surface area contributed by atoms with Gasteiger partial charge in [0.25, 0.3) is 11.8 Å². The summed E-state index contributed by atoms with van der Waals surface area (Å²) in [5.74, 6) is 0.124. The summed E-state index contributed by atoms with van der Waals surface area (Å²) in [7, 11) is 0. The summed E-state index contributed by atoms with van der Waals surface area (Å²) in [6, 6.07) is 12.5. The van der Waals surface area contributed by atoms with E-state index in [1.165, 1.54) is 4.90 Å². The van der Waals surface area contributed by atoms with Gasteiger partial charge in [-0.3, -0.25) is 14.4 Å². The molecule has 8 nitrogen and oxygen atoms in total. The molecule has 0 spiro atoms. The third-order valence-electron chi connectivity index (χ3n) is 4.87. The molecular weight excluding hydrogens is 388 g/mol. The summed E-state index contributed by atoms with van der Waals surface area (Å²) in [4.78, 5) is 37.8. The van der Waals surface area contributed by atoms with Gasteiger partial charge in [-0.2, -0.15) is 0 Å². The molecule has 0 saturated carbocycles. The van der Waals surface area contributed by atoms with Crippen LogP contribution in [0.15, 0.2) is 49.0 Å². The first-order valence-corrected chi connectivity index (χ1v) is 9.44. The molecule has 2 aromatic carbocycles. The van der Waals surface area contributed by atoms with Crippen LogP contribution in [0.2, 0.25) is 0 Å². The first-order valence-electron chi connectivity index (χ1n) is 9.44. The molecule has 8 heteroatoms. The number of benzene rings is 2. The number of hydrogen-bond donors (Lipinski definition) is 1. The van der Waals surface area contributed by atoms with Crippen LogP contribution >= 0.6 is 0 Å². The molecule has 2 heterocycles. The fourth-order valence-electron chi connectivity index (χ4n) is 3.30. The van der Waals surface area contributed by atoms with Gasteiger partial charge in [0.2, 0.25) is 6.79 Å². The summed E-state index contributed by atoms with van der Waals surface area (Å²) < 4.78 is 15.5. The van der Waals surface area contributed by atoms with Crippen molar-refractivity contribution in [1.82, 2.24) is 10.2 Å². The summed E-state index contributed by atoms with van der Waals surface area (Å²) >= 11 is 0. The Bertz CT molecular complexity index is 997. The van der Waals surface area contributed by atoms with E-state index in [1.807, 2.05) is 18.2 Å². The predicted molar refractivity (Wildman–Crippen MR) is 107 cm³/mol. The second-order valence-corrected chi connectivity index (χ2v) is 6.82. The zero-order chi connectivity index (χ0) is 21.1. The van der Waals surface area contributed by atoms with Gasteiger partial charge >= 0.3 is 5.97 Å². The van der Waals surface area contributed by atoms with Crippen LogP contribution in [0, 0.1) is 0 Å². The third kappa shape index (κ3) is 3.98. The molecule has 2 aromatic rings. The minimum Gasteiger partial charge on any atom is -0.456 e. The standard InChI is InChI=1S/C22H20N2O6/c1-14-16-4-2-3-5-17(16)22(27)24(14)9-8-21(26)28-12-20(25)23-11-15-6-7-18-19(10-15)30-13-29-18/h2-7,10H,1,8-9,11-13H2,(H,23,25). The SMILES string of the molecule is C=C1c2ccccc2C(=O)N1CCC(=O)OCC(=O)NCc1ccc2c(c1)OCO2. The molecule has 2 aliphatic rings. The largest absolute Gasteiger partial charge is 0.456 e. The summed E-state index contributed by atoms with van der Waals surface area (Å²) in [5, 5.41) is 2.68. The lowest BCUT2D eigenvalue weighted by Gasteiger charge is -2.16. The first kappa shape index (κ1) is 19.5. The molecule has 0 aliphatic carbocycles. The number of fused-ring (bicyclic) bond motifs is 2. The molecule has 0 aromatic heterocycles. The zero-order valence-electron chi connectivity index (χ0n) is 16.2. The lowest BCUT2D eigenvalue weighted by Crippen LogP contribution is -2.30. The molecule has 0 saturated heterocycles. The highest BCUT2D eigenvalue weighted by Gasteiger charge is 2.30. The van der Waals surface area contributed by atoms with Crippen LogP contribution in [0.5, 0.6) is 11.5 Å². The average molecular weight is 408 g/mol. The third-order valence-corrected chi connectivity index (χ3v) is 4.87. The van der Waals surface area contributed by atoms with E-state index in [0.29, 0.717) is 22.8 Å². The van der Waals surface area contributed by atoms with Crippen LogP contribution in [-0.2, 0) is 20.9 Å². The number of nitrogens with zero attached hydrogens (tertiary/aromatic N) is 1. The zero-order valence-corrected chi connectivity index (χ0v) is 16.2. The summed E-state index contributed by atoms with van der Waals surface area (Å²) in [6.07, 6.45) is -0.0335. The highest BCUT2D eigenvalue weighted by atomic mass is 16.7. The highest BCUT2D eigenvalue weighted by Crippen LogP contribution is 2.32. The Morgan fingerprint density at radius 1 is 1.10 bits per heavy atom. The van der Waals surface area contributed by atoms with Gasteiger partial charge in [-0.15, -0.1) is 0 Å². The second kappa shape index (κ2) is 8.28. The Labute approximate surface area is 173 Å². The number of amides is 2. The monoisotopic (exact) mass is 408 g/mol. The molecule has 0 radical (unpaired) electrons. The van der Waals surface area contributed by atoms with E-state index in [-0.39, 0.29) is 32.2 Å². The van der Waals surface area contributed by atoms with Crippen LogP contribution < -0.4 is 14.8 Å². The maximum Gasteiger partial charge on any atom is 0.308 e. The van der Waals surface area contributed by atoms with Crippen molar-refractivity contribution in [2.75, 3.05) is 19.9 Å². The number of esters is 1. The van der Waals surface area contributed by atoms with Crippen molar-refractivity contribution in [3.05, 3.63) is 65.7 Å². The van der Waals surface area contributed by atoms with E-state index in [2.05, 4.69) is 11.9 Å². The molecular formula is C22H20N2O6. The highest BCUT2D eigenvalue weighted by molar-refractivity contribution is 6.08. The fourth-order valence-corrected chi connectivity index (χ4v) is 3.30. The Hall–Kier alpha value is -3.81. The Balaban J connectivity index is 1.19. The van der Waals surface area contributed by atoms with Crippen molar-refractivity contribution >= 4 is 23.5 Å². The van der Waals surface area contributed by atoms with E-state index in [1.54, 1.807) is 24.3 Å². The molecule has 30 heavy (non-hydrogen) atoms. The molecule has 0 unspecified atom stereocenters. The quantitative estimate of drug-likeness (QED) is 0.705. The van der Waals surface area contributed by atoms with Crippen LogP contribution in [-0.4, -0.2) is 42.6 Å². The van der Waals surface area contributed by atoms with Crippen LogP contribution in [0.1, 0.15) is 27.9 Å². The van der Waals surface area contributed by atoms with Crippen LogP contribution in [0.4, 0.5) is 0 Å². The van der Waals surface area contributed by atoms with E-state index in [0.717, 1.165) is 11.1 Å². The van der Waals surface area contributed by atoms with Crippen LogP contribution in [0.25, 0.3) is 5.70 Å². The van der Waals surface area contributed by atoms with Gasteiger partial charge in [0.15, 0.2) is 18.1 Å². The minimum atomic E-state index is -0.565. The number of nitrogens with one attached hydrogen (secondary N) is 1. The lowest BCUT2D eigenvalue weighted by atomic mass is 10.1. The second-order valence-electron chi connectivity index (χ2n) is 6.82. The minimum absolute atomic E-state index is 0.0335. The van der Waals surface area contributed by atoms with Crippen molar-refractivity contribution in [2.24, 2.45) is 0 Å². The molecule has 0 bridgehead atoms. The number of rotatable bonds is 7. The van der Waals surface area contributed by atoms with E-state index in [4.69, 9.17) is 14.2 Å². The molecule has 4 rings (SSSR count). The van der Waals surface area contributed by atoms with E-state index >= 15 is 0 Å². The summed E-state index contributed by atoms with van der Waals surface area (Å²) in [5.41, 5.74) is 2.73. The van der Waals surface area contributed by atoms with Crippen molar-refractivity contribution < 1.29 is 28.6 Å². The molecule has 0 atom stereocenters. The van der Waals surface area contributed by atoms with Crippen molar-refractivity contribution in [3.63, 3.8) is 0 Å². The van der Waals surface area contributed by atoms with E-state index in [9.17, 15) is 14.4 Å². The van der Waals surface area contributed by atoms with Crippen molar-refractivity contribution in [2.45, 2.75) is 13.0 Å². The maximum absolute atomic E-state index is 12.4. The average Bonchev–Trinajstić information content (AvgIpc) is 3.32. The Morgan fingerprint density at radius 2 is 1.87 bits per heavy atom. The number of ether oxygens (including phenoxy) is 3. The molecule has 0 fully saturated rings. The smallest absolute Gasteiger partial charge is 0.308 e. The van der Waals surface area contributed by atoms with Gasteiger partial charge in [-0.1, -0.05) is 30.8 Å². The van der Waals surface area contributed by atoms with Gasteiger partial charge in [-0.25, -0.2) is 0 Å². The van der Waals surface area contributed by atoms with Gasteiger partial charge in [0.1, 0.15) is 0 Å². The predicted octanol–water partition coefficient (Wildman–Crippen LogP) is 2.09. The summed E-state index contributed by atoms with van der Waals surface area (Å²) in [6.45, 7) is 4.13. The maximum atomic E-state index is 12.4. The van der Waals surface area contributed by atoms with Gasteiger partial charge in [0, 0.05) is 29.9 Å². The van der Waals surface area contributed by atoms with Gasteiger partial charge in [-0.05, 0) is 23.8 Å². The number of carbonyl (C=O) groups is 3. The van der Waals surface area contributed by atoms with Crippen molar-refractivity contribution in [3.8, 4) is 11.5 Å². The van der Waals surface area contributed by atoms with E-state index < -0.39 is 18.5 Å². The topological polar surface area (TPSA) is 94.2 Å². The normalized spacial score (nSPS) is 13.9. The number of carbonyl (C=O) groups excluding carboxylic acids is 3. The van der Waals surface area contributed by atoms with Gasteiger partial charge in [0.05, 0.1) is 6.42 Å². The Morgan fingerprint density at radius 3 is 2.67 bits per heavy atom. The first-order chi connectivity index (χ1) is 14.5. The fraction of sp³-hybridized carbons (Fsp3) is 0.227. The lowest BCUT2D eigenvalue weighted by molar-refractivity contribution is -0.148. The van der Waals surface area contributed by atoms with Crippen molar-refractivity contribution in [1.29, 1.82) is 0 Å². The molecule has 1 N–H and O–H groups in total. The molecule has 2 aliphatic heterocycles. The molecule has 2 amide bonds.